The van der Waals surface area contributed by atoms with Crippen LogP contribution in [0.15, 0.2) is 0 Å². The van der Waals surface area contributed by atoms with Crippen molar-refractivity contribution in [3.63, 3.8) is 0 Å². The number of nitrogens with zero attached hydrogens (tertiary/aromatic N) is 1. The Hall–Kier alpha value is -0.650. The molecule has 14 heavy (non-hydrogen) atoms. The predicted molar refractivity (Wildman–Crippen MR) is 59.2 cm³/mol. The number of nitrogen functional groups attached to an aromatic ring is 1. The van der Waals surface area contributed by atoms with Crippen LogP contribution in [-0.4, -0.2) is 18.6 Å². The van der Waals surface area contributed by atoms with Gasteiger partial charge in [-0.3, -0.25) is 0 Å². The molecular formula is C9H17N3OS. The highest BCUT2D eigenvalue weighted by Crippen LogP contribution is 2.20. The topological polar surface area (TPSA) is 60.2 Å². The fraction of sp³-hybridized carbons (Fsp3) is 0.667. The van der Waals surface area contributed by atoms with Gasteiger partial charge in [-0.25, -0.2) is 4.98 Å². The molecule has 0 amide bonds. The minimum Gasteiger partial charge on any atom is -0.378 e. The molecule has 0 fully saturated rings. The summed E-state index contributed by atoms with van der Waals surface area (Å²) in [6.07, 6.45) is 1.13. The lowest BCUT2D eigenvalue weighted by molar-refractivity contribution is 0.181. The Bertz CT molecular complexity index is 275. The van der Waals surface area contributed by atoms with E-state index in [1.54, 1.807) is 7.11 Å². The predicted octanol–water partition coefficient (Wildman–Crippen LogP) is 1.37. The summed E-state index contributed by atoms with van der Waals surface area (Å²) in [6.45, 7) is 4.53. The van der Waals surface area contributed by atoms with Crippen LogP contribution < -0.4 is 11.1 Å². The van der Waals surface area contributed by atoms with Crippen LogP contribution in [0.3, 0.4) is 0 Å². The molecule has 0 aliphatic carbocycles. The first kappa shape index (κ1) is 11.4. The molecule has 0 aliphatic rings. The number of nitrogens with one attached hydrogen (secondary N) is 1. The van der Waals surface area contributed by atoms with Gasteiger partial charge < -0.3 is 15.8 Å². The summed E-state index contributed by atoms with van der Waals surface area (Å²) >= 11 is 1.53. The number of aromatic nitrogens is 1. The molecule has 0 saturated carbocycles. The Labute approximate surface area is 88.5 Å². The second kappa shape index (κ2) is 5.95. The second-order valence-electron chi connectivity index (χ2n) is 3.03. The second-order valence-corrected chi connectivity index (χ2v) is 4.15. The molecule has 1 aromatic rings. The number of methoxy groups -OCH3 is 1. The van der Waals surface area contributed by atoms with E-state index in [0.717, 1.165) is 25.2 Å². The molecule has 0 unspecified atom stereocenters. The maximum absolute atomic E-state index is 5.64. The van der Waals surface area contributed by atoms with Gasteiger partial charge in [-0.15, -0.1) is 11.3 Å². The van der Waals surface area contributed by atoms with Crippen molar-refractivity contribution in [3.05, 3.63) is 10.6 Å². The van der Waals surface area contributed by atoms with Gasteiger partial charge in [0.1, 0.15) is 0 Å². The fourth-order valence-corrected chi connectivity index (χ4v) is 1.97. The lowest BCUT2D eigenvalue weighted by Gasteiger charge is -2.02. The zero-order chi connectivity index (χ0) is 10.4. The first-order valence-electron chi connectivity index (χ1n) is 4.71. The Morgan fingerprint density at radius 1 is 1.57 bits per heavy atom. The van der Waals surface area contributed by atoms with Gasteiger partial charge >= 0.3 is 0 Å². The van der Waals surface area contributed by atoms with E-state index in [1.807, 2.05) is 0 Å². The summed E-state index contributed by atoms with van der Waals surface area (Å²) in [6, 6.07) is 0. The Kier molecular flexibility index (Phi) is 4.86. The van der Waals surface area contributed by atoms with E-state index in [-0.39, 0.29) is 0 Å². The molecule has 0 bridgehead atoms. The van der Waals surface area contributed by atoms with E-state index in [0.29, 0.717) is 11.7 Å². The lowest BCUT2D eigenvalue weighted by Crippen LogP contribution is -2.14. The van der Waals surface area contributed by atoms with Crippen LogP contribution in [0.1, 0.15) is 23.9 Å². The van der Waals surface area contributed by atoms with Gasteiger partial charge in [0.2, 0.25) is 0 Å². The van der Waals surface area contributed by atoms with Gasteiger partial charge in [-0.2, -0.15) is 0 Å². The number of hydrogen-bond donors (Lipinski definition) is 2. The van der Waals surface area contributed by atoms with Gasteiger partial charge in [0, 0.05) is 18.5 Å². The fourth-order valence-electron chi connectivity index (χ4n) is 1.17. The standard InChI is InChI=1S/C9H17N3OS/c1-3-4-11-5-8-7(6-13-2)12-9(10)14-8/h11H,3-6H2,1-2H3,(H2,10,12). The third kappa shape index (κ3) is 3.25. The minimum atomic E-state index is 0.539. The van der Waals surface area contributed by atoms with E-state index >= 15 is 0 Å². The van der Waals surface area contributed by atoms with Gasteiger partial charge in [-0.1, -0.05) is 6.92 Å². The van der Waals surface area contributed by atoms with E-state index in [1.165, 1.54) is 16.2 Å². The summed E-state index contributed by atoms with van der Waals surface area (Å²) in [5.41, 5.74) is 6.60. The van der Waals surface area contributed by atoms with Crippen molar-refractivity contribution in [2.45, 2.75) is 26.5 Å². The Morgan fingerprint density at radius 2 is 2.36 bits per heavy atom. The first-order valence-corrected chi connectivity index (χ1v) is 5.53. The van der Waals surface area contributed by atoms with E-state index in [2.05, 4.69) is 17.2 Å². The molecular weight excluding hydrogens is 198 g/mol. The molecule has 0 saturated heterocycles. The van der Waals surface area contributed by atoms with E-state index in [9.17, 15) is 0 Å². The van der Waals surface area contributed by atoms with Crippen LogP contribution in [0.4, 0.5) is 5.13 Å². The molecule has 1 rings (SSSR count). The third-order valence-electron chi connectivity index (χ3n) is 1.79. The normalized spacial score (nSPS) is 10.7. The number of nitrogens with two attached hydrogens (primary N) is 1. The molecule has 0 atom stereocenters. The lowest BCUT2D eigenvalue weighted by atomic mass is 10.3. The van der Waals surface area contributed by atoms with Crippen LogP contribution in [-0.2, 0) is 17.9 Å². The summed E-state index contributed by atoms with van der Waals surface area (Å²) in [7, 11) is 1.67. The molecule has 0 aliphatic heterocycles. The Morgan fingerprint density at radius 3 is 3.00 bits per heavy atom. The zero-order valence-corrected chi connectivity index (χ0v) is 9.49. The number of hydrogen-bond acceptors (Lipinski definition) is 5. The molecule has 3 N–H and O–H groups in total. The van der Waals surface area contributed by atoms with Crippen molar-refractivity contribution in [1.82, 2.24) is 10.3 Å². The monoisotopic (exact) mass is 215 g/mol. The number of thiazole rings is 1. The number of anilines is 1. The largest absolute Gasteiger partial charge is 0.378 e. The highest BCUT2D eigenvalue weighted by molar-refractivity contribution is 7.15. The van der Waals surface area contributed by atoms with Crippen LogP contribution in [0.2, 0.25) is 0 Å². The molecule has 1 aromatic heterocycles. The van der Waals surface area contributed by atoms with Gasteiger partial charge in [0.05, 0.1) is 12.3 Å². The quantitative estimate of drug-likeness (QED) is 0.704. The van der Waals surface area contributed by atoms with Crippen LogP contribution in [0.25, 0.3) is 0 Å². The van der Waals surface area contributed by atoms with Gasteiger partial charge in [0.25, 0.3) is 0 Å². The third-order valence-corrected chi connectivity index (χ3v) is 2.71. The van der Waals surface area contributed by atoms with Crippen molar-refractivity contribution in [2.75, 3.05) is 19.4 Å². The smallest absolute Gasteiger partial charge is 0.180 e. The molecule has 4 nitrogen and oxygen atoms in total. The molecule has 80 valence electrons. The van der Waals surface area contributed by atoms with Crippen LogP contribution in [0, 0.1) is 0 Å². The Balaban J connectivity index is 2.54. The van der Waals surface area contributed by atoms with E-state index in [4.69, 9.17) is 10.5 Å². The summed E-state index contributed by atoms with van der Waals surface area (Å²) in [4.78, 5) is 5.39. The van der Waals surface area contributed by atoms with E-state index < -0.39 is 0 Å². The minimum absolute atomic E-state index is 0.539. The molecule has 5 heteroatoms. The average molecular weight is 215 g/mol. The molecule has 0 spiro atoms. The van der Waals surface area contributed by atoms with Crippen molar-refractivity contribution in [2.24, 2.45) is 0 Å². The maximum Gasteiger partial charge on any atom is 0.180 e. The molecule has 1 heterocycles. The van der Waals surface area contributed by atoms with Crippen LogP contribution in [0.5, 0.6) is 0 Å². The van der Waals surface area contributed by atoms with Crippen LogP contribution >= 0.6 is 11.3 Å². The summed E-state index contributed by atoms with van der Waals surface area (Å²) in [5.74, 6) is 0. The summed E-state index contributed by atoms with van der Waals surface area (Å²) in [5, 5.41) is 3.94. The SMILES string of the molecule is CCCNCc1sc(N)nc1COC. The summed E-state index contributed by atoms with van der Waals surface area (Å²) < 4.78 is 5.05. The van der Waals surface area contributed by atoms with Crippen molar-refractivity contribution < 1.29 is 4.74 Å². The van der Waals surface area contributed by atoms with Crippen molar-refractivity contribution in [3.8, 4) is 0 Å². The number of rotatable bonds is 6. The van der Waals surface area contributed by atoms with Gasteiger partial charge in [-0.05, 0) is 13.0 Å². The molecule has 0 aromatic carbocycles. The zero-order valence-electron chi connectivity index (χ0n) is 8.67. The number of ether oxygens (including phenoxy) is 1. The van der Waals surface area contributed by atoms with Gasteiger partial charge in [0.15, 0.2) is 5.13 Å². The maximum atomic E-state index is 5.64. The highest BCUT2D eigenvalue weighted by Gasteiger charge is 2.08. The average Bonchev–Trinajstić information content (AvgIpc) is 2.48. The first-order chi connectivity index (χ1) is 6.77. The van der Waals surface area contributed by atoms with Crippen molar-refractivity contribution >= 4 is 16.5 Å². The molecule has 0 radical (unpaired) electrons. The van der Waals surface area contributed by atoms with Crippen molar-refractivity contribution in [1.29, 1.82) is 0 Å². The highest BCUT2D eigenvalue weighted by atomic mass is 32.1.